The van der Waals surface area contributed by atoms with E-state index in [4.69, 9.17) is 26.2 Å². The summed E-state index contributed by atoms with van der Waals surface area (Å²) in [6, 6.07) is 1.83. The number of hydrogen-bond acceptors (Lipinski definition) is 3. The zero-order chi connectivity index (χ0) is 12.4. The molecule has 1 aromatic rings. The summed E-state index contributed by atoms with van der Waals surface area (Å²) in [7, 11) is 0. The Labute approximate surface area is 104 Å². The van der Waals surface area contributed by atoms with Crippen molar-refractivity contribution >= 4 is 17.6 Å². The van der Waals surface area contributed by atoms with Crippen LogP contribution in [0, 0.1) is 6.92 Å². The molecule has 1 aliphatic rings. The summed E-state index contributed by atoms with van der Waals surface area (Å²) >= 11 is 6.07. The molecule has 0 aromatic heterocycles. The molecule has 92 valence electrons. The van der Waals surface area contributed by atoms with Crippen LogP contribution >= 0.6 is 11.6 Å². The average Bonchev–Trinajstić information content (AvgIpc) is 2.74. The summed E-state index contributed by atoms with van der Waals surface area (Å²) in [6.45, 7) is 2.12. The zero-order valence-corrected chi connectivity index (χ0v) is 10.2. The maximum atomic E-state index is 10.5. The summed E-state index contributed by atoms with van der Waals surface area (Å²) in [5.41, 5.74) is 1.99. The number of halogens is 1. The van der Waals surface area contributed by atoms with Crippen molar-refractivity contribution in [2.24, 2.45) is 0 Å². The van der Waals surface area contributed by atoms with E-state index in [0.29, 0.717) is 29.4 Å². The number of fused-ring (bicyclic) bond motifs is 1. The SMILES string of the molecule is Cc1c(CCCC(=O)O)cc(Cl)c2c1OCO2. The van der Waals surface area contributed by atoms with Crippen LogP contribution < -0.4 is 9.47 Å². The maximum Gasteiger partial charge on any atom is 0.303 e. The highest BCUT2D eigenvalue weighted by atomic mass is 35.5. The monoisotopic (exact) mass is 256 g/mol. The van der Waals surface area contributed by atoms with E-state index in [2.05, 4.69) is 0 Å². The number of carboxylic acid groups (broad SMARTS) is 1. The van der Waals surface area contributed by atoms with Crippen LogP contribution in [0.3, 0.4) is 0 Å². The lowest BCUT2D eigenvalue weighted by atomic mass is 10.0. The lowest BCUT2D eigenvalue weighted by molar-refractivity contribution is -0.137. The van der Waals surface area contributed by atoms with Gasteiger partial charge in [-0.2, -0.15) is 0 Å². The van der Waals surface area contributed by atoms with Gasteiger partial charge in [0.1, 0.15) is 0 Å². The van der Waals surface area contributed by atoms with Gasteiger partial charge in [-0.1, -0.05) is 11.6 Å². The molecule has 2 rings (SSSR count). The van der Waals surface area contributed by atoms with Crippen molar-refractivity contribution in [2.45, 2.75) is 26.2 Å². The number of aliphatic carboxylic acids is 1. The maximum absolute atomic E-state index is 10.5. The van der Waals surface area contributed by atoms with Gasteiger partial charge in [0, 0.05) is 6.42 Å². The van der Waals surface area contributed by atoms with Crippen molar-refractivity contribution in [3.63, 3.8) is 0 Å². The molecule has 17 heavy (non-hydrogen) atoms. The second-order valence-corrected chi connectivity index (χ2v) is 4.36. The molecule has 0 amide bonds. The first-order chi connectivity index (χ1) is 8.09. The summed E-state index contributed by atoms with van der Waals surface area (Å²) < 4.78 is 10.6. The summed E-state index contributed by atoms with van der Waals surface area (Å²) in [5, 5.41) is 9.12. The van der Waals surface area contributed by atoms with Gasteiger partial charge in [-0.15, -0.1) is 0 Å². The Balaban J connectivity index is 2.18. The lowest BCUT2D eigenvalue weighted by Gasteiger charge is -2.09. The zero-order valence-electron chi connectivity index (χ0n) is 9.46. The third-order valence-corrected chi connectivity index (χ3v) is 3.07. The van der Waals surface area contributed by atoms with Crippen molar-refractivity contribution in [2.75, 3.05) is 6.79 Å². The van der Waals surface area contributed by atoms with Gasteiger partial charge in [0.05, 0.1) is 5.02 Å². The smallest absolute Gasteiger partial charge is 0.303 e. The van der Waals surface area contributed by atoms with E-state index in [1.54, 1.807) is 0 Å². The van der Waals surface area contributed by atoms with Gasteiger partial charge in [0.2, 0.25) is 6.79 Å². The van der Waals surface area contributed by atoms with E-state index in [0.717, 1.165) is 11.1 Å². The number of rotatable bonds is 4. The molecule has 1 aliphatic heterocycles. The summed E-state index contributed by atoms with van der Waals surface area (Å²) in [5.74, 6) is 0.489. The van der Waals surface area contributed by atoms with Crippen molar-refractivity contribution < 1.29 is 19.4 Å². The highest BCUT2D eigenvalue weighted by molar-refractivity contribution is 6.32. The Kier molecular flexibility index (Phi) is 3.43. The standard InChI is InChI=1S/C12H13ClO4/c1-7-8(3-2-4-10(14)15)5-9(13)12-11(7)16-6-17-12/h5H,2-4,6H2,1H3,(H,14,15). The molecule has 0 bridgehead atoms. The predicted molar refractivity (Wildman–Crippen MR) is 62.9 cm³/mol. The molecule has 0 aliphatic carbocycles. The average molecular weight is 257 g/mol. The lowest BCUT2D eigenvalue weighted by Crippen LogP contribution is -1.98. The van der Waals surface area contributed by atoms with E-state index >= 15 is 0 Å². The van der Waals surface area contributed by atoms with Crippen LogP contribution in [0.25, 0.3) is 0 Å². The van der Waals surface area contributed by atoms with Crippen LogP contribution in [-0.4, -0.2) is 17.9 Å². The molecule has 5 heteroatoms. The van der Waals surface area contributed by atoms with Crippen molar-refractivity contribution in [1.82, 2.24) is 0 Å². The van der Waals surface area contributed by atoms with Gasteiger partial charge in [-0.3, -0.25) is 4.79 Å². The molecule has 0 unspecified atom stereocenters. The summed E-state index contributed by atoms with van der Waals surface area (Å²) in [6.07, 6.45) is 1.42. The van der Waals surface area contributed by atoms with Crippen LogP contribution in [0.2, 0.25) is 5.02 Å². The van der Waals surface area contributed by atoms with Gasteiger partial charge in [-0.25, -0.2) is 0 Å². The minimum absolute atomic E-state index is 0.158. The van der Waals surface area contributed by atoms with Gasteiger partial charge < -0.3 is 14.6 Å². The normalized spacial score (nSPS) is 12.8. The minimum Gasteiger partial charge on any atom is -0.481 e. The molecule has 0 radical (unpaired) electrons. The Morgan fingerprint density at radius 3 is 2.88 bits per heavy atom. The van der Waals surface area contributed by atoms with Gasteiger partial charge in [0.15, 0.2) is 11.5 Å². The first-order valence-electron chi connectivity index (χ1n) is 5.39. The number of ether oxygens (including phenoxy) is 2. The number of hydrogen-bond donors (Lipinski definition) is 1. The number of carbonyl (C=O) groups is 1. The molecule has 4 nitrogen and oxygen atoms in total. The Morgan fingerprint density at radius 2 is 2.18 bits per heavy atom. The minimum atomic E-state index is -0.783. The van der Waals surface area contributed by atoms with Crippen molar-refractivity contribution in [3.05, 3.63) is 22.2 Å². The fourth-order valence-corrected chi connectivity index (χ4v) is 2.17. The molecule has 0 saturated heterocycles. The van der Waals surface area contributed by atoms with Gasteiger partial charge in [0.25, 0.3) is 0 Å². The van der Waals surface area contributed by atoms with Crippen LogP contribution in [0.5, 0.6) is 11.5 Å². The van der Waals surface area contributed by atoms with Crippen LogP contribution in [0.15, 0.2) is 6.07 Å². The van der Waals surface area contributed by atoms with Crippen molar-refractivity contribution in [1.29, 1.82) is 0 Å². The van der Waals surface area contributed by atoms with E-state index in [9.17, 15) is 4.79 Å². The topological polar surface area (TPSA) is 55.8 Å². The second-order valence-electron chi connectivity index (χ2n) is 3.95. The van der Waals surface area contributed by atoms with Gasteiger partial charge in [-0.05, 0) is 37.0 Å². The highest BCUT2D eigenvalue weighted by Gasteiger charge is 2.22. The fourth-order valence-electron chi connectivity index (χ4n) is 1.90. The Morgan fingerprint density at radius 1 is 1.47 bits per heavy atom. The highest BCUT2D eigenvalue weighted by Crippen LogP contribution is 2.43. The van der Waals surface area contributed by atoms with Crippen LogP contribution in [0.4, 0.5) is 0 Å². The molecule has 1 N–H and O–H groups in total. The van der Waals surface area contributed by atoms with Crippen LogP contribution in [-0.2, 0) is 11.2 Å². The molecular formula is C12H13ClO4. The third kappa shape index (κ3) is 2.47. The van der Waals surface area contributed by atoms with Crippen molar-refractivity contribution in [3.8, 4) is 11.5 Å². The van der Waals surface area contributed by atoms with E-state index in [1.165, 1.54) is 0 Å². The molecule has 1 aromatic carbocycles. The molecule has 0 fully saturated rings. The van der Waals surface area contributed by atoms with Gasteiger partial charge >= 0.3 is 5.97 Å². The molecule has 0 spiro atoms. The second kappa shape index (κ2) is 4.84. The first kappa shape index (κ1) is 12.0. The Hall–Kier alpha value is -1.42. The molecule has 1 heterocycles. The number of carboxylic acids is 1. The third-order valence-electron chi connectivity index (χ3n) is 2.79. The largest absolute Gasteiger partial charge is 0.481 e. The fraction of sp³-hybridized carbons (Fsp3) is 0.417. The molecule has 0 atom stereocenters. The van der Waals surface area contributed by atoms with E-state index in [-0.39, 0.29) is 13.2 Å². The summed E-state index contributed by atoms with van der Waals surface area (Å²) in [4.78, 5) is 10.5. The molecule has 0 saturated carbocycles. The van der Waals surface area contributed by atoms with E-state index in [1.807, 2.05) is 13.0 Å². The Bertz CT molecular complexity index is 456. The van der Waals surface area contributed by atoms with Crippen LogP contribution in [0.1, 0.15) is 24.0 Å². The van der Waals surface area contributed by atoms with E-state index < -0.39 is 5.97 Å². The first-order valence-corrected chi connectivity index (χ1v) is 5.76. The number of benzene rings is 1. The predicted octanol–water partition coefficient (Wildman–Crippen LogP) is 2.78. The number of aryl methyl sites for hydroxylation is 1. The molecular weight excluding hydrogens is 244 g/mol. The quantitative estimate of drug-likeness (QED) is 0.900.